The first-order chi connectivity index (χ1) is 17.1. The van der Waals surface area contributed by atoms with Crippen LogP contribution in [0.2, 0.25) is 5.02 Å². The minimum atomic E-state index is -0.632. The van der Waals surface area contributed by atoms with E-state index < -0.39 is 6.10 Å². The maximum absolute atomic E-state index is 9.92. The van der Waals surface area contributed by atoms with Gasteiger partial charge in [-0.3, -0.25) is 4.98 Å². The highest BCUT2D eigenvalue weighted by molar-refractivity contribution is 6.33. The minimum absolute atomic E-state index is 0.00801. The molecule has 2 fully saturated rings. The summed E-state index contributed by atoms with van der Waals surface area (Å²) in [5.41, 5.74) is 4.34. The van der Waals surface area contributed by atoms with Gasteiger partial charge in [-0.15, -0.1) is 0 Å². The number of aliphatic hydroxyl groups excluding tert-OH is 1. The molecule has 11 nitrogen and oxygen atoms in total. The summed E-state index contributed by atoms with van der Waals surface area (Å²) in [6.45, 7) is 1.94. The lowest BCUT2D eigenvalue weighted by molar-refractivity contribution is 0.00706. The zero-order valence-corrected chi connectivity index (χ0v) is 19.9. The number of hydrogen-bond acceptors (Lipinski definition) is 10. The lowest BCUT2D eigenvalue weighted by atomic mass is 10.1. The standard InChI is InChI=1S/C23H27ClN6O5/c1-32-5-4-25-12-6-11-2-3-14(18(11)26-8-12)27-21-13(24)7-15-22(29-21)30-23(28-15)35-17-10-34-19-16(31)9-33-20(17)19/h6-8,14,16-17,19-20,25,31H,2-5,9-10H2,1H3,(H2,27,28,29,30)/t14?,16-,17-,19-,20-/m1/s1. The van der Waals surface area contributed by atoms with Crippen molar-refractivity contribution in [2.75, 3.05) is 44.1 Å². The van der Waals surface area contributed by atoms with Gasteiger partial charge in [0.25, 0.3) is 6.01 Å². The van der Waals surface area contributed by atoms with E-state index in [1.165, 1.54) is 5.56 Å². The molecule has 3 aliphatic rings. The van der Waals surface area contributed by atoms with Crippen LogP contribution in [-0.4, -0.2) is 82.9 Å². The Kier molecular flexibility index (Phi) is 6.11. The maximum atomic E-state index is 9.92. The number of pyridine rings is 2. The maximum Gasteiger partial charge on any atom is 0.296 e. The lowest BCUT2D eigenvalue weighted by Gasteiger charge is -2.15. The fourth-order valence-corrected chi connectivity index (χ4v) is 5.12. The van der Waals surface area contributed by atoms with Crippen molar-refractivity contribution in [3.8, 4) is 6.01 Å². The van der Waals surface area contributed by atoms with Crippen molar-refractivity contribution >= 4 is 34.3 Å². The number of aliphatic hydroxyl groups is 1. The molecule has 5 atom stereocenters. The van der Waals surface area contributed by atoms with Crippen LogP contribution in [0.1, 0.15) is 23.7 Å². The summed E-state index contributed by atoms with van der Waals surface area (Å²) in [7, 11) is 1.68. The van der Waals surface area contributed by atoms with E-state index in [0.29, 0.717) is 41.2 Å². The number of hydrogen-bond donors (Lipinski definition) is 4. The van der Waals surface area contributed by atoms with Crippen LogP contribution < -0.4 is 15.4 Å². The molecule has 1 unspecified atom stereocenters. The van der Waals surface area contributed by atoms with E-state index in [9.17, 15) is 5.11 Å². The number of fused-ring (bicyclic) bond motifs is 3. The summed E-state index contributed by atoms with van der Waals surface area (Å²) in [6.07, 6.45) is 1.97. The van der Waals surface area contributed by atoms with Gasteiger partial charge in [0.15, 0.2) is 11.8 Å². The molecule has 3 aromatic heterocycles. The Morgan fingerprint density at radius 1 is 1.23 bits per heavy atom. The monoisotopic (exact) mass is 502 g/mol. The van der Waals surface area contributed by atoms with E-state index in [-0.39, 0.29) is 31.0 Å². The summed E-state index contributed by atoms with van der Waals surface area (Å²) in [4.78, 5) is 16.9. The Hall–Kier alpha value is -2.70. The first kappa shape index (κ1) is 22.7. The van der Waals surface area contributed by atoms with E-state index in [2.05, 4.69) is 36.6 Å². The molecule has 5 heterocycles. The number of H-pyrrole nitrogens is 1. The molecular weight excluding hydrogens is 476 g/mol. The van der Waals surface area contributed by atoms with Gasteiger partial charge in [0.2, 0.25) is 0 Å². The van der Waals surface area contributed by atoms with Crippen LogP contribution in [0, 0.1) is 0 Å². The minimum Gasteiger partial charge on any atom is -0.456 e. The van der Waals surface area contributed by atoms with Gasteiger partial charge in [0.1, 0.15) is 24.1 Å². The van der Waals surface area contributed by atoms with E-state index in [4.69, 9.17) is 30.5 Å². The van der Waals surface area contributed by atoms with E-state index in [1.807, 2.05) is 6.20 Å². The van der Waals surface area contributed by atoms with E-state index >= 15 is 0 Å². The number of aromatic nitrogens is 4. The zero-order valence-electron chi connectivity index (χ0n) is 19.2. The fraction of sp³-hybridized carbons (Fsp3) is 0.522. The summed E-state index contributed by atoms with van der Waals surface area (Å²) < 4.78 is 22.3. The van der Waals surface area contributed by atoms with Crippen molar-refractivity contribution in [1.29, 1.82) is 0 Å². The van der Waals surface area contributed by atoms with Crippen molar-refractivity contribution in [3.63, 3.8) is 0 Å². The molecule has 6 rings (SSSR count). The average Bonchev–Trinajstić information content (AvgIpc) is 3.61. The summed E-state index contributed by atoms with van der Waals surface area (Å²) in [5.74, 6) is 0.547. The van der Waals surface area contributed by atoms with Crippen molar-refractivity contribution in [2.45, 2.75) is 43.3 Å². The van der Waals surface area contributed by atoms with Crippen molar-refractivity contribution < 1.29 is 24.1 Å². The predicted octanol–water partition coefficient (Wildman–Crippen LogP) is 2.07. The highest BCUT2D eigenvalue weighted by Gasteiger charge is 2.48. The number of anilines is 2. The van der Waals surface area contributed by atoms with Gasteiger partial charge in [-0.2, -0.15) is 4.98 Å². The Morgan fingerprint density at radius 3 is 3.00 bits per heavy atom. The Labute approximate surface area is 206 Å². The van der Waals surface area contributed by atoms with Crippen molar-refractivity contribution in [1.82, 2.24) is 19.9 Å². The molecule has 2 aliphatic heterocycles. The Morgan fingerprint density at radius 2 is 2.11 bits per heavy atom. The second-order valence-electron chi connectivity index (χ2n) is 8.98. The van der Waals surface area contributed by atoms with Gasteiger partial charge in [-0.25, -0.2) is 4.98 Å². The first-order valence-electron chi connectivity index (χ1n) is 11.7. The Bertz CT molecular complexity index is 1220. The van der Waals surface area contributed by atoms with Gasteiger partial charge in [-0.1, -0.05) is 11.6 Å². The number of nitrogens with one attached hydrogen (secondary N) is 3. The van der Waals surface area contributed by atoms with Crippen LogP contribution in [0.4, 0.5) is 11.5 Å². The van der Waals surface area contributed by atoms with Crippen LogP contribution in [0.15, 0.2) is 18.3 Å². The first-order valence-corrected chi connectivity index (χ1v) is 12.1. The molecule has 3 aromatic rings. The smallest absolute Gasteiger partial charge is 0.296 e. The molecule has 0 aromatic carbocycles. The highest BCUT2D eigenvalue weighted by Crippen LogP contribution is 2.36. The molecule has 12 heteroatoms. The number of aryl methyl sites for hydroxylation is 1. The second-order valence-corrected chi connectivity index (χ2v) is 9.38. The van der Waals surface area contributed by atoms with E-state index in [0.717, 1.165) is 30.8 Å². The second kappa shape index (κ2) is 9.40. The third-order valence-electron chi connectivity index (χ3n) is 6.63. The lowest BCUT2D eigenvalue weighted by Crippen LogP contribution is -2.34. The van der Waals surface area contributed by atoms with Gasteiger partial charge in [0, 0.05) is 13.7 Å². The molecule has 2 saturated heterocycles. The van der Waals surface area contributed by atoms with Gasteiger partial charge in [-0.05, 0) is 30.5 Å². The normalized spacial score (nSPS) is 27.2. The number of imidazole rings is 1. The Balaban J connectivity index is 1.16. The number of ether oxygens (including phenoxy) is 4. The van der Waals surface area contributed by atoms with Crippen LogP contribution in [0.3, 0.4) is 0 Å². The molecule has 0 bridgehead atoms. The SMILES string of the molecule is COCCNc1cnc2c(c1)CCC2Nc1nc2nc(O[C@@H]3CO[C@H]4[C@@H]3OC[C@H]4O)[nH]c2cc1Cl. The third-order valence-corrected chi connectivity index (χ3v) is 6.92. The molecule has 186 valence electrons. The number of rotatable bonds is 8. The van der Waals surface area contributed by atoms with Crippen LogP contribution in [-0.2, 0) is 20.6 Å². The average molecular weight is 503 g/mol. The van der Waals surface area contributed by atoms with E-state index in [1.54, 1.807) is 13.2 Å². The van der Waals surface area contributed by atoms with Gasteiger partial charge < -0.3 is 39.7 Å². The largest absolute Gasteiger partial charge is 0.456 e. The third kappa shape index (κ3) is 4.38. The number of halogens is 1. The predicted molar refractivity (Wildman–Crippen MR) is 128 cm³/mol. The highest BCUT2D eigenvalue weighted by atomic mass is 35.5. The molecule has 0 amide bonds. The molecule has 35 heavy (non-hydrogen) atoms. The summed E-state index contributed by atoms with van der Waals surface area (Å²) >= 11 is 6.55. The zero-order chi connectivity index (χ0) is 23.9. The molecule has 0 radical (unpaired) electrons. The topological polar surface area (TPSA) is 136 Å². The molecule has 0 saturated carbocycles. The van der Waals surface area contributed by atoms with Gasteiger partial charge in [0.05, 0.1) is 54.0 Å². The summed E-state index contributed by atoms with van der Waals surface area (Å²) in [6, 6.07) is 4.23. The molecule has 1 aliphatic carbocycles. The summed E-state index contributed by atoms with van der Waals surface area (Å²) in [5, 5.41) is 17.2. The van der Waals surface area contributed by atoms with Gasteiger partial charge >= 0.3 is 0 Å². The number of nitrogens with zero attached hydrogens (tertiary/aromatic N) is 3. The fourth-order valence-electron chi connectivity index (χ4n) is 4.91. The van der Waals surface area contributed by atoms with Crippen molar-refractivity contribution in [2.24, 2.45) is 0 Å². The van der Waals surface area contributed by atoms with Crippen LogP contribution in [0.25, 0.3) is 11.2 Å². The molecule has 0 spiro atoms. The quantitative estimate of drug-likeness (QED) is 0.339. The number of aromatic amines is 1. The van der Waals surface area contributed by atoms with Crippen molar-refractivity contribution in [3.05, 3.63) is 34.6 Å². The molecule has 4 N–H and O–H groups in total. The van der Waals surface area contributed by atoms with Crippen LogP contribution in [0.5, 0.6) is 6.01 Å². The molecular formula is C23H27ClN6O5. The number of methoxy groups -OCH3 is 1. The van der Waals surface area contributed by atoms with Crippen LogP contribution >= 0.6 is 11.6 Å².